The Labute approximate surface area is 89.1 Å². The zero-order valence-electron chi connectivity index (χ0n) is 6.77. The number of aliphatic hydroxyl groups is 1. The third kappa shape index (κ3) is 2.07. The van der Waals surface area contributed by atoms with Crippen LogP contribution in [0, 0.1) is 3.82 Å². The van der Waals surface area contributed by atoms with E-state index in [1.807, 2.05) is 12.2 Å². The summed E-state index contributed by atoms with van der Waals surface area (Å²) in [6, 6.07) is 2.05. The summed E-state index contributed by atoms with van der Waals surface area (Å²) in [5, 5.41) is 9.14. The summed E-state index contributed by atoms with van der Waals surface area (Å²) in [6.07, 6.45) is 6.51. The molecular formula is C9H8OS3. The molecule has 0 saturated carbocycles. The Bertz CT molecular complexity index is 410. The predicted molar refractivity (Wildman–Crippen MR) is 60.2 cm³/mol. The molecule has 0 fully saturated rings. The maximum atomic E-state index is 9.14. The van der Waals surface area contributed by atoms with Crippen molar-refractivity contribution < 1.29 is 5.11 Å². The minimum absolute atomic E-state index is 0.370. The SMILES string of the molecule is OC1=CCC(c2cc(=S)ss2)C=C1. The first-order valence-corrected chi connectivity index (χ1v) is 6.49. The van der Waals surface area contributed by atoms with Crippen LogP contribution >= 0.6 is 32.9 Å². The lowest BCUT2D eigenvalue weighted by Gasteiger charge is -2.10. The van der Waals surface area contributed by atoms with Gasteiger partial charge < -0.3 is 5.11 Å². The molecule has 0 bridgehead atoms. The van der Waals surface area contributed by atoms with Gasteiger partial charge >= 0.3 is 0 Å². The third-order valence-electron chi connectivity index (χ3n) is 1.93. The molecule has 1 aromatic rings. The summed E-state index contributed by atoms with van der Waals surface area (Å²) in [4.78, 5) is 1.30. The van der Waals surface area contributed by atoms with Gasteiger partial charge in [-0.1, -0.05) is 39.0 Å². The van der Waals surface area contributed by atoms with E-state index in [9.17, 15) is 0 Å². The van der Waals surface area contributed by atoms with Gasteiger partial charge in [0.1, 0.15) is 9.58 Å². The van der Waals surface area contributed by atoms with Gasteiger partial charge in [-0.2, -0.15) is 0 Å². The second-order valence-electron chi connectivity index (χ2n) is 2.86. The van der Waals surface area contributed by atoms with E-state index >= 15 is 0 Å². The predicted octanol–water partition coefficient (Wildman–Crippen LogP) is 4.02. The van der Waals surface area contributed by atoms with Crippen LogP contribution in [0.4, 0.5) is 0 Å². The number of hydrogen-bond donors (Lipinski definition) is 1. The number of hydrogen-bond acceptors (Lipinski definition) is 4. The van der Waals surface area contributed by atoms with Crippen molar-refractivity contribution in [1.82, 2.24) is 0 Å². The number of rotatable bonds is 1. The Hall–Kier alpha value is -0.450. The molecule has 1 nitrogen and oxygen atoms in total. The van der Waals surface area contributed by atoms with E-state index in [1.165, 1.54) is 4.88 Å². The van der Waals surface area contributed by atoms with Crippen LogP contribution in [0.25, 0.3) is 0 Å². The maximum absolute atomic E-state index is 9.14. The highest BCUT2D eigenvalue weighted by Crippen LogP contribution is 2.32. The summed E-state index contributed by atoms with van der Waals surface area (Å²) < 4.78 is 0.951. The largest absolute Gasteiger partial charge is 0.508 e. The maximum Gasteiger partial charge on any atom is 0.111 e. The Balaban J connectivity index is 2.22. The van der Waals surface area contributed by atoms with E-state index in [-0.39, 0.29) is 0 Å². The van der Waals surface area contributed by atoms with Crippen LogP contribution in [-0.4, -0.2) is 5.11 Å². The molecule has 13 heavy (non-hydrogen) atoms. The van der Waals surface area contributed by atoms with Gasteiger partial charge in [-0.05, 0) is 24.6 Å². The van der Waals surface area contributed by atoms with E-state index in [0.29, 0.717) is 11.7 Å². The van der Waals surface area contributed by atoms with Crippen LogP contribution in [0.3, 0.4) is 0 Å². The van der Waals surface area contributed by atoms with Gasteiger partial charge in [-0.15, -0.1) is 0 Å². The van der Waals surface area contributed by atoms with Crippen molar-refractivity contribution in [3.8, 4) is 0 Å². The van der Waals surface area contributed by atoms with E-state index in [4.69, 9.17) is 17.3 Å². The van der Waals surface area contributed by atoms with Gasteiger partial charge in [-0.3, -0.25) is 0 Å². The average Bonchev–Trinajstić information content (AvgIpc) is 2.53. The molecule has 0 radical (unpaired) electrons. The van der Waals surface area contributed by atoms with Gasteiger partial charge in [0.25, 0.3) is 0 Å². The van der Waals surface area contributed by atoms with Crippen LogP contribution < -0.4 is 0 Å². The average molecular weight is 228 g/mol. The molecule has 0 amide bonds. The summed E-state index contributed by atoms with van der Waals surface area (Å²) in [5.74, 6) is 0.781. The van der Waals surface area contributed by atoms with Crippen molar-refractivity contribution in [2.45, 2.75) is 12.3 Å². The first-order valence-electron chi connectivity index (χ1n) is 3.93. The molecule has 1 N–H and O–H groups in total. The molecule has 1 aliphatic rings. The Morgan fingerprint density at radius 3 is 2.85 bits per heavy atom. The van der Waals surface area contributed by atoms with Crippen molar-refractivity contribution in [1.29, 1.82) is 0 Å². The summed E-state index contributed by atoms with van der Waals surface area (Å²) in [5.41, 5.74) is 0. The van der Waals surface area contributed by atoms with Gasteiger partial charge in [0.15, 0.2) is 0 Å². The van der Waals surface area contributed by atoms with Gasteiger partial charge in [0.2, 0.25) is 0 Å². The highest BCUT2D eigenvalue weighted by Gasteiger charge is 2.12. The normalized spacial score (nSPS) is 21.5. The quantitative estimate of drug-likeness (QED) is 0.578. The van der Waals surface area contributed by atoms with Gasteiger partial charge in [0.05, 0.1) is 0 Å². The lowest BCUT2D eigenvalue weighted by atomic mass is 9.99. The van der Waals surface area contributed by atoms with Crippen molar-refractivity contribution in [2.24, 2.45) is 0 Å². The smallest absolute Gasteiger partial charge is 0.111 e. The molecule has 0 saturated heterocycles. The number of allylic oxidation sites excluding steroid dienone is 3. The summed E-state index contributed by atoms with van der Waals surface area (Å²) in [6.45, 7) is 0. The molecule has 68 valence electrons. The van der Waals surface area contributed by atoms with Crippen LogP contribution in [0.1, 0.15) is 17.2 Å². The molecule has 1 heterocycles. The zero-order valence-corrected chi connectivity index (χ0v) is 9.22. The number of aliphatic hydroxyl groups excluding tert-OH is 1. The Morgan fingerprint density at radius 2 is 2.31 bits per heavy atom. The molecule has 4 heteroatoms. The molecular weight excluding hydrogens is 220 g/mol. The molecule has 1 unspecified atom stereocenters. The molecule has 1 atom stereocenters. The first kappa shape index (κ1) is 9.12. The fraction of sp³-hybridized carbons (Fsp3) is 0.222. The minimum Gasteiger partial charge on any atom is -0.508 e. The standard InChI is InChI=1S/C9H8OS3/c10-7-3-1-6(2-4-7)8-5-9(11)13-12-8/h1,3-6,10H,2H2. The Morgan fingerprint density at radius 1 is 1.46 bits per heavy atom. The second-order valence-corrected chi connectivity index (χ2v) is 5.81. The van der Waals surface area contributed by atoms with Gasteiger partial charge in [-0.25, -0.2) is 0 Å². The highest BCUT2D eigenvalue weighted by molar-refractivity contribution is 7.79. The van der Waals surface area contributed by atoms with Crippen molar-refractivity contribution >= 4 is 32.9 Å². The Kier molecular flexibility index (Phi) is 2.62. The minimum atomic E-state index is 0.370. The van der Waals surface area contributed by atoms with Crippen LogP contribution in [0.15, 0.2) is 30.1 Å². The lowest BCUT2D eigenvalue weighted by molar-refractivity contribution is 0.425. The van der Waals surface area contributed by atoms with Gasteiger partial charge in [0, 0.05) is 10.8 Å². The molecule has 2 rings (SSSR count). The van der Waals surface area contributed by atoms with E-state index in [0.717, 1.165) is 10.2 Å². The summed E-state index contributed by atoms with van der Waals surface area (Å²) in [7, 11) is 3.37. The monoisotopic (exact) mass is 228 g/mol. The molecule has 0 spiro atoms. The fourth-order valence-corrected chi connectivity index (χ4v) is 3.84. The molecule has 1 aliphatic carbocycles. The third-order valence-corrected chi connectivity index (χ3v) is 4.95. The lowest BCUT2D eigenvalue weighted by Crippen LogP contribution is -1.95. The van der Waals surface area contributed by atoms with Crippen LogP contribution in [0.2, 0.25) is 0 Å². The van der Waals surface area contributed by atoms with E-state index in [1.54, 1.807) is 26.8 Å². The topological polar surface area (TPSA) is 20.2 Å². The first-order chi connectivity index (χ1) is 6.25. The fourth-order valence-electron chi connectivity index (χ4n) is 1.24. The van der Waals surface area contributed by atoms with Crippen LogP contribution in [0.5, 0.6) is 0 Å². The summed E-state index contributed by atoms with van der Waals surface area (Å²) >= 11 is 5.07. The van der Waals surface area contributed by atoms with E-state index in [2.05, 4.69) is 6.07 Å². The van der Waals surface area contributed by atoms with Crippen molar-refractivity contribution in [3.05, 3.63) is 38.8 Å². The highest BCUT2D eigenvalue weighted by atomic mass is 32.9. The van der Waals surface area contributed by atoms with E-state index < -0.39 is 0 Å². The second kappa shape index (κ2) is 3.74. The van der Waals surface area contributed by atoms with Crippen LogP contribution in [-0.2, 0) is 0 Å². The molecule has 1 aromatic heterocycles. The van der Waals surface area contributed by atoms with Crippen molar-refractivity contribution in [2.75, 3.05) is 0 Å². The zero-order chi connectivity index (χ0) is 9.26. The molecule has 0 aliphatic heterocycles. The molecule has 0 aromatic carbocycles. The van der Waals surface area contributed by atoms with Crippen molar-refractivity contribution in [3.63, 3.8) is 0 Å².